The van der Waals surface area contributed by atoms with Crippen LogP contribution >= 0.6 is 11.6 Å². The third kappa shape index (κ3) is 4.68. The number of hydrogen-bond acceptors (Lipinski definition) is 4. The molecular weight excluding hydrogens is 530 g/mol. The van der Waals surface area contributed by atoms with Gasteiger partial charge in [-0.2, -0.15) is 5.26 Å². The Labute approximate surface area is 219 Å². The second-order valence-electron chi connectivity index (χ2n) is 10.3. The van der Waals surface area contributed by atoms with Crippen LogP contribution in [0.3, 0.4) is 0 Å². The van der Waals surface area contributed by atoms with E-state index in [1.54, 1.807) is 0 Å². The summed E-state index contributed by atoms with van der Waals surface area (Å²) >= 11 is 5.70. The quantitative estimate of drug-likeness (QED) is 0.388. The molecule has 2 saturated heterocycles. The number of piperidine rings is 1. The summed E-state index contributed by atoms with van der Waals surface area (Å²) in [5.74, 6) is -8.69. The molecule has 8 nitrogen and oxygen atoms in total. The number of aromatic nitrogens is 1. The third-order valence-corrected chi connectivity index (χ3v) is 8.06. The summed E-state index contributed by atoms with van der Waals surface area (Å²) in [5, 5.41) is 14.2. The molecule has 3 amide bonds. The lowest BCUT2D eigenvalue weighted by molar-refractivity contribution is -0.129. The lowest BCUT2D eigenvalue weighted by atomic mass is 9.90. The Balaban J connectivity index is 1.41. The highest BCUT2D eigenvalue weighted by atomic mass is 35.5. The zero-order chi connectivity index (χ0) is 27.4. The van der Waals surface area contributed by atoms with Crippen LogP contribution in [0.1, 0.15) is 42.6 Å². The molecule has 3 N–H and O–H groups in total. The number of H-pyrrole nitrogens is 1. The highest BCUT2D eigenvalue weighted by molar-refractivity contribution is 6.31. The first-order valence-corrected chi connectivity index (χ1v) is 12.7. The first-order chi connectivity index (χ1) is 18.0. The predicted molar refractivity (Wildman–Crippen MR) is 127 cm³/mol. The maximum Gasteiger partial charge on any atom is 0.271 e. The largest absolute Gasteiger partial charge is 0.356 e. The van der Waals surface area contributed by atoms with Gasteiger partial charge in [-0.05, 0) is 43.2 Å². The van der Waals surface area contributed by atoms with Crippen molar-refractivity contribution in [3.63, 3.8) is 0 Å². The number of aromatic amines is 1. The zero-order valence-electron chi connectivity index (χ0n) is 20.0. The Hall–Kier alpha value is -3.33. The fourth-order valence-corrected chi connectivity index (χ4v) is 6.24. The molecule has 3 heterocycles. The molecule has 5 rings (SSSR count). The first kappa shape index (κ1) is 26.3. The second-order valence-corrected chi connectivity index (χ2v) is 10.7. The fraction of sp³-hybridized carbons (Fsp3) is 0.520. The molecule has 2 aromatic rings. The number of amides is 3. The van der Waals surface area contributed by atoms with Crippen LogP contribution in [-0.2, 0) is 9.59 Å². The smallest absolute Gasteiger partial charge is 0.271 e. The number of carbonyl (C=O) groups excluding carboxylic acids is 3. The molecule has 38 heavy (non-hydrogen) atoms. The van der Waals surface area contributed by atoms with Crippen molar-refractivity contribution >= 4 is 40.2 Å². The van der Waals surface area contributed by atoms with Crippen molar-refractivity contribution in [2.24, 2.45) is 17.8 Å². The highest BCUT2D eigenvalue weighted by Crippen LogP contribution is 2.50. The summed E-state index contributed by atoms with van der Waals surface area (Å²) in [7, 11) is 0. The van der Waals surface area contributed by atoms with Crippen LogP contribution in [0.4, 0.5) is 17.6 Å². The van der Waals surface area contributed by atoms with Gasteiger partial charge in [0, 0.05) is 37.2 Å². The Morgan fingerprint density at radius 1 is 1.29 bits per heavy atom. The van der Waals surface area contributed by atoms with Crippen LogP contribution < -0.4 is 10.6 Å². The number of halogens is 5. The number of nitrogens with one attached hydrogen (secondary N) is 3. The van der Waals surface area contributed by atoms with E-state index in [9.17, 15) is 37.2 Å². The van der Waals surface area contributed by atoms with Crippen molar-refractivity contribution < 1.29 is 31.9 Å². The molecule has 0 unspecified atom stereocenters. The van der Waals surface area contributed by atoms with Crippen LogP contribution in [-0.4, -0.2) is 58.7 Å². The van der Waals surface area contributed by atoms with Gasteiger partial charge in [0.1, 0.15) is 23.6 Å². The average Bonchev–Trinajstić information content (AvgIpc) is 3.53. The molecule has 0 radical (unpaired) electrons. The molecule has 2 aliphatic heterocycles. The topological polar surface area (TPSA) is 118 Å². The van der Waals surface area contributed by atoms with Crippen molar-refractivity contribution in [2.45, 2.75) is 50.1 Å². The molecule has 3 fully saturated rings. The minimum atomic E-state index is -3.01. The van der Waals surface area contributed by atoms with Crippen LogP contribution in [0, 0.1) is 40.7 Å². The van der Waals surface area contributed by atoms with Crippen molar-refractivity contribution in [3.8, 4) is 6.07 Å². The van der Waals surface area contributed by atoms with Crippen LogP contribution in [0.15, 0.2) is 12.1 Å². The minimum Gasteiger partial charge on any atom is -0.356 e. The standard InChI is InChI=1S/C25H24ClF4N5O3/c26-16-6-17(27)14-5-18(34-20(14)19(16)28)24(38)35-10-12-7-25(29,30)8-15(12)21(35)23(37)33-13(9-31)4-11-2-1-3-32-22(11)36/h5-6,11-13,15,21,34H,1-4,7-8,10H2,(H,32,36)(H,33,37)/t11-,12-,13+,15-,21+/m0/s1. The number of fused-ring (bicyclic) bond motifs is 2. The number of nitrogens with zero attached hydrogens (tertiary/aromatic N) is 2. The van der Waals surface area contributed by atoms with Gasteiger partial charge < -0.3 is 20.5 Å². The molecular formula is C25H24ClF4N5O3. The van der Waals surface area contributed by atoms with Gasteiger partial charge in [0.2, 0.25) is 17.7 Å². The third-order valence-electron chi connectivity index (χ3n) is 7.78. The van der Waals surface area contributed by atoms with Gasteiger partial charge in [-0.3, -0.25) is 14.4 Å². The Morgan fingerprint density at radius 3 is 2.76 bits per heavy atom. The van der Waals surface area contributed by atoms with Gasteiger partial charge >= 0.3 is 0 Å². The molecule has 1 aromatic carbocycles. The fourth-order valence-electron chi connectivity index (χ4n) is 6.05. The maximum absolute atomic E-state index is 14.5. The maximum atomic E-state index is 14.5. The van der Waals surface area contributed by atoms with Crippen molar-refractivity contribution in [3.05, 3.63) is 34.5 Å². The summed E-state index contributed by atoms with van der Waals surface area (Å²) in [6.45, 7) is 0.365. The molecule has 3 aliphatic rings. The minimum absolute atomic E-state index is 0.0420. The molecule has 1 aromatic heterocycles. The van der Waals surface area contributed by atoms with E-state index >= 15 is 0 Å². The monoisotopic (exact) mass is 553 g/mol. The van der Waals surface area contributed by atoms with E-state index in [0.29, 0.717) is 13.0 Å². The molecule has 1 aliphatic carbocycles. The van der Waals surface area contributed by atoms with Gasteiger partial charge in [0.25, 0.3) is 5.91 Å². The number of alkyl halides is 2. The van der Waals surface area contributed by atoms with E-state index in [2.05, 4.69) is 15.6 Å². The molecule has 13 heteroatoms. The molecule has 5 atom stereocenters. The van der Waals surface area contributed by atoms with Crippen molar-refractivity contribution in [1.29, 1.82) is 5.26 Å². The van der Waals surface area contributed by atoms with E-state index in [1.807, 2.05) is 6.07 Å². The molecule has 0 bridgehead atoms. The first-order valence-electron chi connectivity index (χ1n) is 12.3. The van der Waals surface area contributed by atoms with Gasteiger partial charge in [0.15, 0.2) is 5.82 Å². The zero-order valence-corrected chi connectivity index (χ0v) is 20.8. The summed E-state index contributed by atoms with van der Waals surface area (Å²) in [6, 6.07) is 1.40. The Morgan fingerprint density at radius 2 is 2.05 bits per heavy atom. The summed E-state index contributed by atoms with van der Waals surface area (Å²) in [5.41, 5.74) is -0.569. The van der Waals surface area contributed by atoms with Gasteiger partial charge in [-0.25, -0.2) is 17.6 Å². The number of carbonyl (C=O) groups is 3. The average molecular weight is 554 g/mol. The number of nitriles is 1. The normalized spacial score (nSPS) is 27.1. The van der Waals surface area contributed by atoms with Crippen LogP contribution in [0.25, 0.3) is 10.9 Å². The van der Waals surface area contributed by atoms with Gasteiger partial charge in [-0.1, -0.05) is 11.6 Å². The molecule has 1 saturated carbocycles. The lowest BCUT2D eigenvalue weighted by Crippen LogP contribution is -2.52. The van der Waals surface area contributed by atoms with E-state index < -0.39 is 77.1 Å². The number of rotatable bonds is 5. The Bertz CT molecular complexity index is 1360. The molecule has 0 spiro atoms. The summed E-state index contributed by atoms with van der Waals surface area (Å²) in [4.78, 5) is 42.6. The summed E-state index contributed by atoms with van der Waals surface area (Å²) in [6.07, 6.45) is 0.180. The molecule has 202 valence electrons. The highest BCUT2D eigenvalue weighted by Gasteiger charge is 2.58. The van der Waals surface area contributed by atoms with Crippen LogP contribution in [0.2, 0.25) is 5.02 Å². The SMILES string of the molecule is N#C[C@@H](C[C@@H]1CCCNC1=O)NC(=O)[C@H]1[C@H]2CC(F)(F)C[C@H]2CN1C(=O)c1cc2c(F)cc(Cl)c(F)c2[nH]1. The Kier molecular flexibility index (Phi) is 6.75. The van der Waals surface area contributed by atoms with E-state index in [1.165, 1.54) is 0 Å². The number of likely N-dealkylation sites (tertiary alicyclic amines) is 1. The van der Waals surface area contributed by atoms with Gasteiger partial charge in [-0.15, -0.1) is 0 Å². The summed E-state index contributed by atoms with van der Waals surface area (Å²) < 4.78 is 57.3. The lowest BCUT2D eigenvalue weighted by Gasteiger charge is -2.29. The van der Waals surface area contributed by atoms with E-state index in [0.717, 1.165) is 23.5 Å². The van der Waals surface area contributed by atoms with Crippen LogP contribution in [0.5, 0.6) is 0 Å². The number of hydrogen-bond donors (Lipinski definition) is 3. The van der Waals surface area contributed by atoms with Crippen molar-refractivity contribution in [1.82, 2.24) is 20.5 Å². The van der Waals surface area contributed by atoms with E-state index in [-0.39, 0.29) is 35.5 Å². The number of benzene rings is 1. The van der Waals surface area contributed by atoms with Crippen molar-refractivity contribution in [2.75, 3.05) is 13.1 Å². The van der Waals surface area contributed by atoms with Gasteiger partial charge in [0.05, 0.1) is 16.6 Å². The van der Waals surface area contributed by atoms with E-state index in [4.69, 9.17) is 11.6 Å². The second kappa shape index (κ2) is 9.76. The predicted octanol–water partition coefficient (Wildman–Crippen LogP) is 3.51.